The number of rotatable bonds is 5. The van der Waals surface area contributed by atoms with E-state index < -0.39 is 17.3 Å². The number of nitrogens with zero attached hydrogens (tertiary/aromatic N) is 5. The molecular weight excluding hydrogens is 569 g/mol. The molecule has 2 amide bonds. The molecule has 0 atom stereocenters. The Hall–Kier alpha value is -3.39. The van der Waals surface area contributed by atoms with Gasteiger partial charge >= 0.3 is 6.09 Å². The Bertz CT molecular complexity index is 1330. The van der Waals surface area contributed by atoms with Crippen LogP contribution in [0.5, 0.6) is 0 Å². The minimum atomic E-state index is -0.542. The average Bonchev–Trinajstić information content (AvgIpc) is 3.50. The van der Waals surface area contributed by atoms with Gasteiger partial charge in [0.05, 0.1) is 15.2 Å². The van der Waals surface area contributed by atoms with E-state index in [4.69, 9.17) is 15.1 Å². The summed E-state index contributed by atoms with van der Waals surface area (Å²) in [5, 5.41) is 12.5. The number of amidine groups is 1. The summed E-state index contributed by atoms with van der Waals surface area (Å²) in [6, 6.07) is 4.12. The van der Waals surface area contributed by atoms with Crippen LogP contribution in [0.25, 0.3) is 0 Å². The Morgan fingerprint density at radius 2 is 2.03 bits per heavy atom. The first-order chi connectivity index (χ1) is 17.5. The number of benzene rings is 1. The summed E-state index contributed by atoms with van der Waals surface area (Å²) in [5.41, 5.74) is 6.08. The number of carbonyl (C=O) groups excluding carboxylic acids is 2. The summed E-state index contributed by atoms with van der Waals surface area (Å²) in [6.45, 7) is 6.62. The lowest BCUT2D eigenvalue weighted by molar-refractivity contribution is 0.0204. The van der Waals surface area contributed by atoms with Gasteiger partial charge in [-0.25, -0.2) is 23.8 Å². The molecule has 4 rings (SSSR count). The molecule has 3 N–H and O–H groups in total. The Morgan fingerprint density at radius 1 is 1.30 bits per heavy atom. The van der Waals surface area contributed by atoms with Crippen molar-refractivity contribution in [2.24, 2.45) is 10.7 Å². The zero-order valence-corrected chi connectivity index (χ0v) is 22.7. The highest BCUT2D eigenvalue weighted by molar-refractivity contribution is 9.10. The molecule has 11 nitrogen and oxygen atoms in total. The lowest BCUT2D eigenvalue weighted by atomic mass is 9.98. The van der Waals surface area contributed by atoms with Crippen molar-refractivity contribution in [3.63, 3.8) is 0 Å². The first-order valence-corrected chi connectivity index (χ1v) is 13.0. The number of amides is 2. The normalized spacial score (nSPS) is 15.1. The van der Waals surface area contributed by atoms with Gasteiger partial charge < -0.3 is 20.7 Å². The molecule has 0 aliphatic carbocycles. The molecule has 37 heavy (non-hydrogen) atoms. The molecule has 0 unspecified atom stereocenters. The van der Waals surface area contributed by atoms with Crippen molar-refractivity contribution in [1.82, 2.24) is 20.2 Å². The van der Waals surface area contributed by atoms with Gasteiger partial charge in [-0.3, -0.25) is 4.79 Å². The minimum Gasteiger partial charge on any atom is -0.444 e. The SMILES string of the molecule is CC(C)(C)OC(=O)N1CCC(c2nc(C(=O)Nc3nonc3C(N)=Nc3ccc(F)c(Br)c3)cs2)CC1. The highest BCUT2D eigenvalue weighted by atomic mass is 79.9. The zero-order chi connectivity index (χ0) is 26.7. The predicted molar refractivity (Wildman–Crippen MR) is 139 cm³/mol. The fraction of sp³-hybridized carbons (Fsp3) is 0.391. The van der Waals surface area contributed by atoms with Gasteiger partial charge in [0.15, 0.2) is 11.5 Å². The van der Waals surface area contributed by atoms with Crippen molar-refractivity contribution in [3.05, 3.63) is 50.3 Å². The van der Waals surface area contributed by atoms with Crippen LogP contribution in [-0.4, -0.2) is 56.7 Å². The van der Waals surface area contributed by atoms with Gasteiger partial charge in [-0.1, -0.05) is 0 Å². The fourth-order valence-electron chi connectivity index (χ4n) is 3.57. The maximum absolute atomic E-state index is 13.5. The van der Waals surface area contributed by atoms with Crippen LogP contribution in [-0.2, 0) is 4.74 Å². The largest absolute Gasteiger partial charge is 0.444 e. The van der Waals surface area contributed by atoms with Gasteiger partial charge in [0.2, 0.25) is 5.82 Å². The molecular formula is C23H25BrFN7O4S. The molecule has 3 aromatic rings. The van der Waals surface area contributed by atoms with E-state index in [-0.39, 0.29) is 39.5 Å². The van der Waals surface area contributed by atoms with Gasteiger partial charge in [0, 0.05) is 24.4 Å². The number of carbonyl (C=O) groups is 2. The minimum absolute atomic E-state index is 0.0207. The number of nitrogens with two attached hydrogens (primary N) is 1. The van der Waals surface area contributed by atoms with Gasteiger partial charge in [-0.15, -0.1) is 11.3 Å². The maximum Gasteiger partial charge on any atom is 0.410 e. The van der Waals surface area contributed by atoms with E-state index in [1.807, 2.05) is 20.8 Å². The van der Waals surface area contributed by atoms with Crippen LogP contribution in [0.2, 0.25) is 0 Å². The number of aliphatic imine (C=N–C) groups is 1. The second-order valence-corrected chi connectivity index (χ2v) is 11.1. The number of nitrogens with one attached hydrogen (secondary N) is 1. The molecule has 1 aliphatic rings. The zero-order valence-electron chi connectivity index (χ0n) is 20.3. The number of hydrogen-bond donors (Lipinski definition) is 2. The summed E-state index contributed by atoms with van der Waals surface area (Å²) < 4.78 is 23.9. The van der Waals surface area contributed by atoms with E-state index in [2.05, 4.69) is 41.5 Å². The lowest BCUT2D eigenvalue weighted by Crippen LogP contribution is -2.41. The van der Waals surface area contributed by atoms with Gasteiger partial charge in [-0.05, 0) is 78.1 Å². The molecule has 1 saturated heterocycles. The third-order valence-electron chi connectivity index (χ3n) is 5.37. The van der Waals surface area contributed by atoms with E-state index in [0.717, 1.165) is 17.8 Å². The molecule has 0 saturated carbocycles. The van der Waals surface area contributed by atoms with Crippen molar-refractivity contribution in [3.8, 4) is 0 Å². The Labute approximate surface area is 224 Å². The smallest absolute Gasteiger partial charge is 0.410 e. The van der Waals surface area contributed by atoms with Crippen LogP contribution in [0, 0.1) is 5.82 Å². The number of likely N-dealkylation sites (tertiary alicyclic amines) is 1. The first-order valence-electron chi connectivity index (χ1n) is 11.4. The first kappa shape index (κ1) is 26.7. The number of piperidine rings is 1. The Kier molecular flexibility index (Phi) is 7.87. The second kappa shape index (κ2) is 10.9. The summed E-state index contributed by atoms with van der Waals surface area (Å²) in [7, 11) is 0. The van der Waals surface area contributed by atoms with E-state index in [9.17, 15) is 14.0 Å². The van der Waals surface area contributed by atoms with Crippen molar-refractivity contribution in [2.75, 3.05) is 18.4 Å². The van der Waals surface area contributed by atoms with Crippen LogP contribution < -0.4 is 11.1 Å². The number of ether oxygens (including phenoxy) is 1. The van der Waals surface area contributed by atoms with Gasteiger partial charge in [0.25, 0.3) is 5.91 Å². The van der Waals surface area contributed by atoms with Crippen LogP contribution in [0.1, 0.15) is 60.7 Å². The molecule has 14 heteroatoms. The van der Waals surface area contributed by atoms with Crippen molar-refractivity contribution in [2.45, 2.75) is 45.1 Å². The predicted octanol–water partition coefficient (Wildman–Crippen LogP) is 4.83. The summed E-state index contributed by atoms with van der Waals surface area (Å²) in [6.07, 6.45) is 1.12. The molecule has 0 radical (unpaired) electrons. The highest BCUT2D eigenvalue weighted by Gasteiger charge is 2.29. The molecule has 1 fully saturated rings. The number of thiazole rings is 1. The van der Waals surface area contributed by atoms with Gasteiger partial charge in [-0.2, -0.15) is 0 Å². The monoisotopic (exact) mass is 593 g/mol. The molecule has 3 heterocycles. The van der Waals surface area contributed by atoms with E-state index in [0.29, 0.717) is 18.8 Å². The van der Waals surface area contributed by atoms with Crippen LogP contribution >= 0.6 is 27.3 Å². The number of aromatic nitrogens is 3. The molecule has 0 bridgehead atoms. The topological polar surface area (TPSA) is 149 Å². The van der Waals surface area contributed by atoms with Gasteiger partial charge in [0.1, 0.15) is 17.1 Å². The second-order valence-electron chi connectivity index (χ2n) is 9.32. The van der Waals surface area contributed by atoms with Crippen LogP contribution in [0.4, 0.5) is 20.7 Å². The van der Waals surface area contributed by atoms with E-state index in [1.165, 1.54) is 29.5 Å². The molecule has 2 aromatic heterocycles. The third-order valence-corrected chi connectivity index (χ3v) is 6.98. The average molecular weight is 594 g/mol. The summed E-state index contributed by atoms with van der Waals surface area (Å²) in [5.74, 6) is -0.918. The van der Waals surface area contributed by atoms with E-state index >= 15 is 0 Å². The fourth-order valence-corrected chi connectivity index (χ4v) is 4.91. The molecule has 0 spiro atoms. The maximum atomic E-state index is 13.5. The quantitative estimate of drug-likeness (QED) is 0.315. The Morgan fingerprint density at radius 3 is 2.70 bits per heavy atom. The highest BCUT2D eigenvalue weighted by Crippen LogP contribution is 2.31. The molecule has 1 aliphatic heterocycles. The molecule has 196 valence electrons. The van der Waals surface area contributed by atoms with Crippen molar-refractivity contribution < 1.29 is 23.3 Å². The van der Waals surface area contributed by atoms with Crippen molar-refractivity contribution >= 4 is 56.6 Å². The summed E-state index contributed by atoms with van der Waals surface area (Å²) >= 11 is 4.47. The van der Waals surface area contributed by atoms with Crippen molar-refractivity contribution in [1.29, 1.82) is 0 Å². The number of hydrogen-bond acceptors (Lipinski definition) is 9. The van der Waals surface area contributed by atoms with E-state index in [1.54, 1.807) is 10.3 Å². The molecule has 1 aromatic carbocycles. The third kappa shape index (κ3) is 6.68. The Balaban J connectivity index is 1.38. The number of anilines is 1. The van der Waals surface area contributed by atoms with Crippen LogP contribution in [0.3, 0.4) is 0 Å². The standard InChI is InChI=1S/C23H25BrFN7O4S/c1-23(2,3)35-22(34)32-8-6-12(7-9-32)21-28-16(11-37-21)20(33)29-19-17(30-36-31-19)18(26)27-13-4-5-15(25)14(24)10-13/h4-5,10-12H,6-9H2,1-3H3,(H2,26,27)(H,29,31,33). The lowest BCUT2D eigenvalue weighted by Gasteiger charge is -2.32. The van der Waals surface area contributed by atoms with Crippen LogP contribution in [0.15, 0.2) is 37.7 Å². The summed E-state index contributed by atoms with van der Waals surface area (Å²) in [4.78, 5) is 35.5. The number of halogens is 2.